The molecule has 0 unspecified atom stereocenters. The third-order valence-electron chi connectivity index (χ3n) is 3.89. The molecule has 1 aromatic rings. The molecule has 1 N–H and O–H groups in total. The summed E-state index contributed by atoms with van der Waals surface area (Å²) in [7, 11) is 0. The molecule has 3 nitrogen and oxygen atoms in total. The van der Waals surface area contributed by atoms with Crippen molar-refractivity contribution < 1.29 is 9.53 Å². The van der Waals surface area contributed by atoms with E-state index in [-0.39, 0.29) is 18.4 Å². The normalized spacial score (nSPS) is 15.3. The molecule has 0 atom stereocenters. The molecule has 0 saturated heterocycles. The Bertz CT molecular complexity index is 431. The van der Waals surface area contributed by atoms with Crippen LogP contribution in [0.3, 0.4) is 0 Å². The van der Waals surface area contributed by atoms with Crippen molar-refractivity contribution in [1.82, 2.24) is 5.32 Å². The van der Waals surface area contributed by atoms with Crippen molar-refractivity contribution in [2.45, 2.75) is 51.5 Å². The number of rotatable bonds is 6. The van der Waals surface area contributed by atoms with E-state index in [1.807, 2.05) is 25.1 Å². The van der Waals surface area contributed by atoms with E-state index >= 15 is 0 Å². The first kappa shape index (κ1) is 18.0. The van der Waals surface area contributed by atoms with Gasteiger partial charge in [-0.1, -0.05) is 31.4 Å². The summed E-state index contributed by atoms with van der Waals surface area (Å²) in [6.45, 7) is 3.24. The van der Waals surface area contributed by atoms with Gasteiger partial charge in [0.2, 0.25) is 0 Å². The number of ether oxygens (including phenoxy) is 1. The highest BCUT2D eigenvalue weighted by Gasteiger charge is 2.12. The van der Waals surface area contributed by atoms with E-state index in [0.717, 1.165) is 13.0 Å². The molecule has 0 radical (unpaired) electrons. The SMILES string of the molecule is CCOC(=O)c1cccc(CCNC2CCCCC2)c1.Cl. The van der Waals surface area contributed by atoms with Crippen molar-refractivity contribution >= 4 is 18.4 Å². The third-order valence-corrected chi connectivity index (χ3v) is 3.89. The maximum Gasteiger partial charge on any atom is 0.338 e. The van der Waals surface area contributed by atoms with Crippen molar-refractivity contribution in [2.24, 2.45) is 0 Å². The van der Waals surface area contributed by atoms with Crippen molar-refractivity contribution in [1.29, 1.82) is 0 Å². The van der Waals surface area contributed by atoms with Gasteiger partial charge in [0.15, 0.2) is 0 Å². The van der Waals surface area contributed by atoms with Gasteiger partial charge in [-0.25, -0.2) is 4.79 Å². The minimum atomic E-state index is -0.227. The lowest BCUT2D eigenvalue weighted by Gasteiger charge is -2.22. The number of halogens is 1. The third kappa shape index (κ3) is 6.06. The fourth-order valence-electron chi connectivity index (χ4n) is 2.80. The Morgan fingerprint density at radius 1 is 1.29 bits per heavy atom. The van der Waals surface area contributed by atoms with Crippen LogP contribution in [0.1, 0.15) is 54.9 Å². The van der Waals surface area contributed by atoms with Gasteiger partial charge in [0.05, 0.1) is 12.2 Å². The summed E-state index contributed by atoms with van der Waals surface area (Å²) in [5.41, 5.74) is 1.85. The number of hydrogen-bond donors (Lipinski definition) is 1. The number of esters is 1. The van der Waals surface area contributed by atoms with E-state index in [1.165, 1.54) is 37.7 Å². The number of carbonyl (C=O) groups is 1. The van der Waals surface area contributed by atoms with Gasteiger partial charge in [-0.05, 0) is 50.4 Å². The molecule has 0 aliphatic heterocycles. The Kier molecular flexibility index (Phi) is 8.40. The van der Waals surface area contributed by atoms with Gasteiger partial charge < -0.3 is 10.1 Å². The van der Waals surface area contributed by atoms with Gasteiger partial charge in [0.1, 0.15) is 0 Å². The highest BCUT2D eigenvalue weighted by molar-refractivity contribution is 5.89. The van der Waals surface area contributed by atoms with E-state index in [4.69, 9.17) is 4.74 Å². The molecule has 0 bridgehead atoms. The number of carbonyl (C=O) groups excluding carboxylic acids is 1. The van der Waals surface area contributed by atoms with Gasteiger partial charge in [-0.3, -0.25) is 0 Å². The lowest BCUT2D eigenvalue weighted by Crippen LogP contribution is -2.32. The first-order chi connectivity index (χ1) is 9.79. The zero-order valence-corrected chi connectivity index (χ0v) is 13.6. The molecule has 1 saturated carbocycles. The fraction of sp³-hybridized carbons (Fsp3) is 0.588. The second-order valence-electron chi connectivity index (χ2n) is 5.46. The van der Waals surface area contributed by atoms with Gasteiger partial charge in [0, 0.05) is 6.04 Å². The highest BCUT2D eigenvalue weighted by Crippen LogP contribution is 2.17. The lowest BCUT2D eigenvalue weighted by atomic mass is 9.95. The summed E-state index contributed by atoms with van der Waals surface area (Å²) < 4.78 is 5.03. The summed E-state index contributed by atoms with van der Waals surface area (Å²) in [4.78, 5) is 11.7. The summed E-state index contributed by atoms with van der Waals surface area (Å²) in [5.74, 6) is -0.227. The quantitative estimate of drug-likeness (QED) is 0.813. The Morgan fingerprint density at radius 3 is 2.76 bits per heavy atom. The van der Waals surface area contributed by atoms with Gasteiger partial charge in [-0.2, -0.15) is 0 Å². The second-order valence-corrected chi connectivity index (χ2v) is 5.46. The Morgan fingerprint density at radius 2 is 2.05 bits per heavy atom. The average molecular weight is 312 g/mol. The molecule has 0 amide bonds. The maximum atomic E-state index is 11.7. The molecule has 118 valence electrons. The average Bonchev–Trinajstić information content (AvgIpc) is 2.49. The van der Waals surface area contributed by atoms with Crippen LogP contribution in [0.2, 0.25) is 0 Å². The zero-order valence-electron chi connectivity index (χ0n) is 12.8. The van der Waals surface area contributed by atoms with E-state index < -0.39 is 0 Å². The monoisotopic (exact) mass is 311 g/mol. The molecule has 1 aliphatic carbocycles. The van der Waals surface area contributed by atoms with Crippen LogP contribution < -0.4 is 5.32 Å². The van der Waals surface area contributed by atoms with Crippen molar-refractivity contribution in [2.75, 3.05) is 13.2 Å². The molecule has 0 aromatic heterocycles. The lowest BCUT2D eigenvalue weighted by molar-refractivity contribution is 0.0526. The Labute approximate surface area is 133 Å². The Hall–Kier alpha value is -1.06. The van der Waals surface area contributed by atoms with Crippen LogP contribution in [-0.2, 0) is 11.2 Å². The molecular weight excluding hydrogens is 286 g/mol. The van der Waals surface area contributed by atoms with Gasteiger partial charge >= 0.3 is 5.97 Å². The minimum absolute atomic E-state index is 0. The van der Waals surface area contributed by atoms with Gasteiger partial charge in [-0.15, -0.1) is 12.4 Å². The number of nitrogens with one attached hydrogen (secondary N) is 1. The van der Waals surface area contributed by atoms with Crippen LogP contribution in [0.4, 0.5) is 0 Å². The summed E-state index contributed by atoms with van der Waals surface area (Å²) >= 11 is 0. The van der Waals surface area contributed by atoms with Crippen LogP contribution >= 0.6 is 12.4 Å². The summed E-state index contributed by atoms with van der Waals surface area (Å²) in [5, 5.41) is 3.63. The van der Waals surface area contributed by atoms with Crippen molar-refractivity contribution in [3.8, 4) is 0 Å². The molecule has 4 heteroatoms. The summed E-state index contributed by atoms with van der Waals surface area (Å²) in [6, 6.07) is 8.46. The van der Waals surface area contributed by atoms with Crippen LogP contribution in [0.25, 0.3) is 0 Å². The van der Waals surface area contributed by atoms with Crippen LogP contribution in [0, 0.1) is 0 Å². The standard InChI is InChI=1S/C17H25NO2.ClH/c1-2-20-17(19)15-8-6-7-14(13-15)11-12-18-16-9-4-3-5-10-16;/h6-8,13,16,18H,2-5,9-12H2,1H3;1H. The number of hydrogen-bond acceptors (Lipinski definition) is 3. The van der Waals surface area contributed by atoms with E-state index in [9.17, 15) is 4.79 Å². The molecule has 2 rings (SSSR count). The van der Waals surface area contributed by atoms with Crippen molar-refractivity contribution in [3.63, 3.8) is 0 Å². The predicted molar refractivity (Wildman–Crippen MR) is 88.2 cm³/mol. The summed E-state index contributed by atoms with van der Waals surface area (Å²) in [6.07, 6.45) is 7.68. The van der Waals surface area contributed by atoms with Crippen LogP contribution in [-0.4, -0.2) is 25.2 Å². The molecule has 21 heavy (non-hydrogen) atoms. The second kappa shape index (κ2) is 9.80. The zero-order chi connectivity index (χ0) is 14.2. The molecule has 1 aliphatic rings. The minimum Gasteiger partial charge on any atom is -0.462 e. The van der Waals surface area contributed by atoms with E-state index in [2.05, 4.69) is 11.4 Å². The topological polar surface area (TPSA) is 38.3 Å². The Balaban J connectivity index is 0.00000220. The number of benzene rings is 1. The highest BCUT2D eigenvalue weighted by atomic mass is 35.5. The van der Waals surface area contributed by atoms with E-state index in [0.29, 0.717) is 18.2 Å². The predicted octanol–water partition coefficient (Wildman–Crippen LogP) is 3.75. The van der Waals surface area contributed by atoms with E-state index in [1.54, 1.807) is 0 Å². The molecule has 0 heterocycles. The smallest absolute Gasteiger partial charge is 0.338 e. The largest absolute Gasteiger partial charge is 0.462 e. The molecule has 1 fully saturated rings. The maximum absolute atomic E-state index is 11.7. The fourth-order valence-corrected chi connectivity index (χ4v) is 2.80. The molecule has 0 spiro atoms. The first-order valence-corrected chi connectivity index (χ1v) is 7.79. The molecule has 1 aromatic carbocycles. The molecular formula is C17H26ClNO2. The van der Waals surface area contributed by atoms with Crippen molar-refractivity contribution in [3.05, 3.63) is 35.4 Å². The van der Waals surface area contributed by atoms with Crippen LogP contribution in [0.15, 0.2) is 24.3 Å². The van der Waals surface area contributed by atoms with Gasteiger partial charge in [0.25, 0.3) is 0 Å². The first-order valence-electron chi connectivity index (χ1n) is 7.79. The van der Waals surface area contributed by atoms with Crippen LogP contribution in [0.5, 0.6) is 0 Å².